The Hall–Kier alpha value is -2.70. The van der Waals surface area contributed by atoms with E-state index in [2.05, 4.69) is 12.1 Å². The number of ether oxygens (including phenoxy) is 2. The van der Waals surface area contributed by atoms with E-state index in [4.69, 9.17) is 9.47 Å². The lowest BCUT2D eigenvalue weighted by atomic mass is 10.2. The number of benzene rings is 2. The lowest BCUT2D eigenvalue weighted by Gasteiger charge is -2.19. The van der Waals surface area contributed by atoms with Gasteiger partial charge in [-0.15, -0.1) is 11.8 Å². The molecular weight excluding hydrogens is 386 g/mol. The summed E-state index contributed by atoms with van der Waals surface area (Å²) in [7, 11) is 1.54. The zero-order valence-corrected chi connectivity index (χ0v) is 17.6. The Morgan fingerprint density at radius 2 is 1.79 bits per heavy atom. The summed E-state index contributed by atoms with van der Waals surface area (Å²) in [5, 5.41) is 9.84. The molecule has 29 heavy (non-hydrogen) atoms. The van der Waals surface area contributed by atoms with Crippen LogP contribution in [0.1, 0.15) is 19.4 Å². The molecular formula is C23H25NO4S. The summed E-state index contributed by atoms with van der Waals surface area (Å²) in [6, 6.07) is 19.0. The van der Waals surface area contributed by atoms with E-state index in [1.54, 1.807) is 67.7 Å². The largest absolute Gasteiger partial charge is 0.493 e. The van der Waals surface area contributed by atoms with E-state index in [0.29, 0.717) is 17.2 Å². The predicted octanol–water partition coefficient (Wildman–Crippen LogP) is 4.29. The molecule has 0 atom stereocenters. The third-order valence-corrected chi connectivity index (χ3v) is 5.22. The lowest BCUT2D eigenvalue weighted by Crippen LogP contribution is -2.28. The van der Waals surface area contributed by atoms with Gasteiger partial charge < -0.3 is 14.6 Å². The average Bonchev–Trinajstić information content (AvgIpc) is 2.71. The Labute approximate surface area is 174 Å². The quantitative estimate of drug-likeness (QED) is 0.561. The van der Waals surface area contributed by atoms with Gasteiger partial charge in [0.2, 0.25) is 0 Å². The van der Waals surface area contributed by atoms with Crippen LogP contribution in [0.25, 0.3) is 5.69 Å². The average molecular weight is 412 g/mol. The minimum absolute atomic E-state index is 0.108. The van der Waals surface area contributed by atoms with Crippen molar-refractivity contribution in [1.29, 1.82) is 0 Å². The molecule has 152 valence electrons. The number of aromatic nitrogens is 1. The van der Waals surface area contributed by atoms with Crippen LogP contribution in [0.5, 0.6) is 11.5 Å². The fraction of sp³-hybridized carbons (Fsp3) is 0.261. The van der Waals surface area contributed by atoms with Crippen LogP contribution in [0.4, 0.5) is 0 Å². The van der Waals surface area contributed by atoms with E-state index in [1.165, 1.54) is 4.90 Å². The van der Waals surface area contributed by atoms with E-state index in [1.807, 2.05) is 24.3 Å². The monoisotopic (exact) mass is 411 g/mol. The molecule has 0 radical (unpaired) electrons. The Morgan fingerprint density at radius 1 is 1.03 bits per heavy atom. The number of rotatable bonds is 8. The highest BCUT2D eigenvalue weighted by molar-refractivity contribution is 7.98. The van der Waals surface area contributed by atoms with Crippen LogP contribution in [-0.2, 0) is 5.75 Å². The van der Waals surface area contributed by atoms with Gasteiger partial charge in [0.05, 0.1) is 18.4 Å². The minimum atomic E-state index is -0.950. The molecule has 0 spiro atoms. The molecule has 0 saturated carbocycles. The summed E-state index contributed by atoms with van der Waals surface area (Å²) >= 11 is 1.69. The number of methoxy groups -OCH3 is 1. The first-order valence-electron chi connectivity index (χ1n) is 9.29. The second kappa shape index (κ2) is 9.20. The maximum absolute atomic E-state index is 12.6. The first kappa shape index (κ1) is 21.0. The maximum atomic E-state index is 12.6. The Balaban J connectivity index is 1.77. The smallest absolute Gasteiger partial charge is 0.255 e. The van der Waals surface area contributed by atoms with Crippen molar-refractivity contribution in [3.63, 3.8) is 0 Å². The molecule has 2 aromatic carbocycles. The maximum Gasteiger partial charge on any atom is 0.255 e. The van der Waals surface area contributed by atoms with E-state index >= 15 is 0 Å². The van der Waals surface area contributed by atoms with Crippen LogP contribution in [0.15, 0.2) is 76.6 Å². The van der Waals surface area contributed by atoms with E-state index in [9.17, 15) is 9.90 Å². The molecule has 1 heterocycles. The van der Waals surface area contributed by atoms with Crippen LogP contribution in [0.2, 0.25) is 0 Å². The summed E-state index contributed by atoms with van der Waals surface area (Å²) < 4.78 is 12.6. The molecule has 6 heteroatoms. The molecule has 5 nitrogen and oxygen atoms in total. The van der Waals surface area contributed by atoms with E-state index in [0.717, 1.165) is 11.3 Å². The lowest BCUT2D eigenvalue weighted by molar-refractivity contribution is 0.0276. The van der Waals surface area contributed by atoms with Crippen LogP contribution < -0.4 is 15.0 Å². The van der Waals surface area contributed by atoms with Gasteiger partial charge in [-0.2, -0.15) is 0 Å². The van der Waals surface area contributed by atoms with Crippen molar-refractivity contribution in [2.75, 3.05) is 13.7 Å². The number of aliphatic hydroxyl groups is 1. The summed E-state index contributed by atoms with van der Waals surface area (Å²) in [4.78, 5) is 13.8. The van der Waals surface area contributed by atoms with Crippen molar-refractivity contribution in [3.05, 3.63) is 82.8 Å². The van der Waals surface area contributed by atoms with Crippen LogP contribution in [-0.4, -0.2) is 29.0 Å². The van der Waals surface area contributed by atoms with Gasteiger partial charge in [0, 0.05) is 29.0 Å². The van der Waals surface area contributed by atoms with Crippen molar-refractivity contribution in [2.24, 2.45) is 0 Å². The Bertz CT molecular complexity index is 1010. The SMILES string of the molecule is COc1cc(-n2ccc(CSc3ccccc3)cc2=O)ccc1OCC(C)(C)O. The van der Waals surface area contributed by atoms with Gasteiger partial charge in [-0.3, -0.25) is 9.36 Å². The fourth-order valence-electron chi connectivity index (χ4n) is 2.69. The molecule has 0 aliphatic carbocycles. The van der Waals surface area contributed by atoms with Gasteiger partial charge in [-0.05, 0) is 49.7 Å². The van der Waals surface area contributed by atoms with Crippen molar-refractivity contribution in [2.45, 2.75) is 30.1 Å². The molecule has 0 unspecified atom stereocenters. The van der Waals surface area contributed by atoms with Gasteiger partial charge >= 0.3 is 0 Å². The standard InChI is InChI=1S/C23H25NO4S/c1-23(2,26)16-28-20-10-9-18(14-21(20)27-3)24-12-11-17(13-22(24)25)15-29-19-7-5-4-6-8-19/h4-14,26H,15-16H2,1-3H3. The Kier molecular flexibility index (Phi) is 6.67. The second-order valence-corrected chi connectivity index (χ2v) is 8.33. The Morgan fingerprint density at radius 3 is 2.45 bits per heavy atom. The molecule has 1 aromatic heterocycles. The number of nitrogens with zero attached hydrogens (tertiary/aromatic N) is 1. The highest BCUT2D eigenvalue weighted by Gasteiger charge is 2.16. The molecule has 0 fully saturated rings. The topological polar surface area (TPSA) is 60.7 Å². The summed E-state index contributed by atoms with van der Waals surface area (Å²) in [5.41, 5.74) is 0.596. The second-order valence-electron chi connectivity index (χ2n) is 7.28. The first-order chi connectivity index (χ1) is 13.9. The first-order valence-corrected chi connectivity index (χ1v) is 10.3. The summed E-state index contributed by atoms with van der Waals surface area (Å²) in [6.07, 6.45) is 1.77. The number of hydrogen-bond donors (Lipinski definition) is 1. The van der Waals surface area contributed by atoms with E-state index in [-0.39, 0.29) is 12.2 Å². The highest BCUT2D eigenvalue weighted by Crippen LogP contribution is 2.30. The molecule has 0 saturated heterocycles. The van der Waals surface area contributed by atoms with Crippen LogP contribution in [0.3, 0.4) is 0 Å². The van der Waals surface area contributed by atoms with Gasteiger partial charge in [-0.25, -0.2) is 0 Å². The molecule has 3 rings (SSSR count). The number of hydrogen-bond acceptors (Lipinski definition) is 5. The van der Waals surface area contributed by atoms with Gasteiger partial charge in [0.1, 0.15) is 6.61 Å². The van der Waals surface area contributed by atoms with Crippen molar-refractivity contribution >= 4 is 11.8 Å². The van der Waals surface area contributed by atoms with Gasteiger partial charge in [0.25, 0.3) is 5.56 Å². The number of thioether (sulfide) groups is 1. The van der Waals surface area contributed by atoms with Crippen LogP contribution >= 0.6 is 11.8 Å². The third kappa shape index (κ3) is 5.89. The summed E-state index contributed by atoms with van der Waals surface area (Å²) in [5.74, 6) is 1.75. The van der Waals surface area contributed by atoms with Crippen molar-refractivity contribution in [1.82, 2.24) is 4.57 Å². The summed E-state index contributed by atoms with van der Waals surface area (Å²) in [6.45, 7) is 3.48. The normalized spacial score (nSPS) is 11.3. The van der Waals surface area contributed by atoms with E-state index < -0.39 is 5.60 Å². The zero-order valence-electron chi connectivity index (χ0n) is 16.8. The highest BCUT2D eigenvalue weighted by atomic mass is 32.2. The third-order valence-electron chi connectivity index (χ3n) is 4.14. The van der Waals surface area contributed by atoms with Gasteiger partial charge in [-0.1, -0.05) is 18.2 Å². The zero-order chi connectivity index (χ0) is 20.9. The number of pyridine rings is 1. The predicted molar refractivity (Wildman–Crippen MR) is 116 cm³/mol. The van der Waals surface area contributed by atoms with Crippen molar-refractivity contribution < 1.29 is 14.6 Å². The molecule has 0 bridgehead atoms. The van der Waals surface area contributed by atoms with Gasteiger partial charge in [0.15, 0.2) is 11.5 Å². The minimum Gasteiger partial charge on any atom is -0.493 e. The fourth-order valence-corrected chi connectivity index (χ4v) is 3.55. The molecule has 1 N–H and O–H groups in total. The molecule has 0 amide bonds. The van der Waals surface area contributed by atoms with Crippen molar-refractivity contribution in [3.8, 4) is 17.2 Å². The van der Waals surface area contributed by atoms with Crippen LogP contribution in [0, 0.1) is 0 Å². The molecule has 3 aromatic rings. The molecule has 0 aliphatic rings. The molecule has 0 aliphatic heterocycles.